The first-order chi connectivity index (χ1) is 11.7. The zero-order valence-corrected chi connectivity index (χ0v) is 14.1. The second-order valence-corrected chi connectivity index (χ2v) is 5.71. The van der Waals surface area contributed by atoms with Crippen molar-refractivity contribution < 1.29 is 33.0 Å². The number of carboxylic acid groups (broad SMARTS) is 1. The molecule has 0 saturated carbocycles. The van der Waals surface area contributed by atoms with Crippen LogP contribution in [0.2, 0.25) is 0 Å². The van der Waals surface area contributed by atoms with Gasteiger partial charge in [-0.25, -0.2) is 13.6 Å². The maximum Gasteiger partial charge on any atom is 0.326 e. The van der Waals surface area contributed by atoms with Crippen molar-refractivity contribution in [2.45, 2.75) is 26.3 Å². The van der Waals surface area contributed by atoms with Gasteiger partial charge in [-0.15, -0.1) is 0 Å². The van der Waals surface area contributed by atoms with Crippen LogP contribution in [0.3, 0.4) is 0 Å². The van der Waals surface area contributed by atoms with Gasteiger partial charge in [-0.1, -0.05) is 13.8 Å². The molecule has 9 heteroatoms. The van der Waals surface area contributed by atoms with Crippen LogP contribution >= 0.6 is 0 Å². The smallest absolute Gasteiger partial charge is 0.326 e. The molecule has 0 aliphatic heterocycles. The Morgan fingerprint density at radius 1 is 1.20 bits per heavy atom. The number of aliphatic carboxylic acids is 1. The van der Waals surface area contributed by atoms with Gasteiger partial charge in [0.25, 0.3) is 5.91 Å². The zero-order valence-electron chi connectivity index (χ0n) is 14.1. The van der Waals surface area contributed by atoms with E-state index in [1.54, 1.807) is 13.8 Å². The molecule has 0 aliphatic carbocycles. The standard InChI is InChI=1S/C16H20F2N2O5/c1-8(2)6-11(16(23)24)20-12(21)7-19-15(22)13-9(17)4-5-10(18)14(13)25-3/h4-5,8,11H,6-7H2,1-3H3,(H,19,22)(H,20,21)(H,23,24)/t11-/m0/s1. The summed E-state index contributed by atoms with van der Waals surface area (Å²) in [6, 6.07) is 0.460. The highest BCUT2D eigenvalue weighted by atomic mass is 19.1. The molecule has 0 unspecified atom stereocenters. The number of amides is 2. The first-order valence-electron chi connectivity index (χ1n) is 7.49. The van der Waals surface area contributed by atoms with Gasteiger partial charge in [-0.2, -0.15) is 0 Å². The van der Waals surface area contributed by atoms with E-state index < -0.39 is 53.3 Å². The van der Waals surface area contributed by atoms with Crippen LogP contribution in [-0.4, -0.2) is 42.6 Å². The van der Waals surface area contributed by atoms with Crippen LogP contribution < -0.4 is 15.4 Å². The fourth-order valence-corrected chi connectivity index (χ4v) is 2.13. The first-order valence-corrected chi connectivity index (χ1v) is 7.49. The van der Waals surface area contributed by atoms with E-state index in [9.17, 15) is 23.2 Å². The predicted molar refractivity (Wildman–Crippen MR) is 84.3 cm³/mol. The summed E-state index contributed by atoms with van der Waals surface area (Å²) in [5.41, 5.74) is -0.674. The van der Waals surface area contributed by atoms with Gasteiger partial charge >= 0.3 is 5.97 Å². The molecule has 0 aromatic heterocycles. The fourth-order valence-electron chi connectivity index (χ4n) is 2.13. The molecule has 0 bridgehead atoms. The molecule has 7 nitrogen and oxygen atoms in total. The fraction of sp³-hybridized carbons (Fsp3) is 0.438. The largest absolute Gasteiger partial charge is 0.493 e. The van der Waals surface area contributed by atoms with E-state index in [1.165, 1.54) is 0 Å². The van der Waals surface area contributed by atoms with Gasteiger partial charge in [-0.05, 0) is 24.5 Å². The normalized spacial score (nSPS) is 11.8. The molecule has 0 fully saturated rings. The number of rotatable bonds is 8. The van der Waals surface area contributed by atoms with Gasteiger partial charge < -0.3 is 20.5 Å². The average Bonchev–Trinajstić information content (AvgIpc) is 2.53. The maximum absolute atomic E-state index is 13.8. The number of methoxy groups -OCH3 is 1. The number of carbonyl (C=O) groups excluding carboxylic acids is 2. The summed E-state index contributed by atoms with van der Waals surface area (Å²) >= 11 is 0. The molecule has 0 aliphatic rings. The van der Waals surface area contributed by atoms with E-state index >= 15 is 0 Å². The molecule has 1 atom stereocenters. The van der Waals surface area contributed by atoms with E-state index in [2.05, 4.69) is 15.4 Å². The van der Waals surface area contributed by atoms with Crippen LogP contribution in [0.1, 0.15) is 30.6 Å². The Morgan fingerprint density at radius 2 is 1.80 bits per heavy atom. The third kappa shape index (κ3) is 5.70. The Kier molecular flexibility index (Phi) is 7.28. The Bertz CT molecular complexity index is 664. The number of ether oxygens (including phenoxy) is 1. The Hall–Kier alpha value is -2.71. The number of carbonyl (C=O) groups is 3. The van der Waals surface area contributed by atoms with Crippen LogP contribution in [0.15, 0.2) is 12.1 Å². The minimum atomic E-state index is -1.20. The van der Waals surface area contributed by atoms with Crippen LogP contribution in [0, 0.1) is 17.6 Å². The molecular weight excluding hydrogens is 338 g/mol. The maximum atomic E-state index is 13.8. The Balaban J connectivity index is 2.75. The summed E-state index contributed by atoms with van der Waals surface area (Å²) in [7, 11) is 1.07. The third-order valence-electron chi connectivity index (χ3n) is 3.24. The van der Waals surface area contributed by atoms with Crippen molar-refractivity contribution in [1.82, 2.24) is 10.6 Å². The highest BCUT2D eigenvalue weighted by molar-refractivity contribution is 5.99. The lowest BCUT2D eigenvalue weighted by Gasteiger charge is -2.17. The summed E-state index contributed by atoms with van der Waals surface area (Å²) in [6.07, 6.45) is 0.210. The van der Waals surface area contributed by atoms with Crippen molar-refractivity contribution in [3.05, 3.63) is 29.3 Å². The summed E-state index contributed by atoms with van der Waals surface area (Å²) in [6.45, 7) is 2.99. The molecule has 0 saturated heterocycles. The van der Waals surface area contributed by atoms with Crippen LogP contribution in [0.4, 0.5) is 8.78 Å². The van der Waals surface area contributed by atoms with E-state index in [0.717, 1.165) is 19.2 Å². The lowest BCUT2D eigenvalue weighted by molar-refractivity contribution is -0.142. The number of benzene rings is 1. The van der Waals surface area contributed by atoms with Crippen molar-refractivity contribution in [1.29, 1.82) is 0 Å². The van der Waals surface area contributed by atoms with Gasteiger partial charge in [0.1, 0.15) is 17.4 Å². The molecular formula is C16H20F2N2O5. The highest BCUT2D eigenvalue weighted by Crippen LogP contribution is 2.25. The molecule has 1 rings (SSSR count). The second-order valence-electron chi connectivity index (χ2n) is 5.71. The minimum absolute atomic E-state index is 0.0293. The molecule has 3 N–H and O–H groups in total. The monoisotopic (exact) mass is 358 g/mol. The Morgan fingerprint density at radius 3 is 2.32 bits per heavy atom. The number of carboxylic acids is 1. The second kappa shape index (κ2) is 8.95. The van der Waals surface area contributed by atoms with Crippen molar-refractivity contribution in [3.8, 4) is 5.75 Å². The SMILES string of the molecule is COc1c(F)ccc(F)c1C(=O)NCC(=O)N[C@@H](CC(C)C)C(=O)O. The van der Waals surface area contributed by atoms with E-state index in [-0.39, 0.29) is 12.3 Å². The average molecular weight is 358 g/mol. The number of halogens is 2. The van der Waals surface area contributed by atoms with Gasteiger partial charge in [0, 0.05) is 0 Å². The van der Waals surface area contributed by atoms with Crippen molar-refractivity contribution >= 4 is 17.8 Å². The predicted octanol–water partition coefficient (Wildman–Crippen LogP) is 1.32. The summed E-state index contributed by atoms with van der Waals surface area (Å²) < 4.78 is 32.0. The Labute approximate surface area is 143 Å². The third-order valence-corrected chi connectivity index (χ3v) is 3.24. The number of nitrogens with one attached hydrogen (secondary N) is 2. The van der Waals surface area contributed by atoms with Gasteiger partial charge in [0.2, 0.25) is 5.91 Å². The van der Waals surface area contributed by atoms with E-state index in [0.29, 0.717) is 0 Å². The van der Waals surface area contributed by atoms with Crippen molar-refractivity contribution in [2.75, 3.05) is 13.7 Å². The first kappa shape index (κ1) is 20.3. The molecule has 0 spiro atoms. The number of hydrogen-bond donors (Lipinski definition) is 3. The van der Waals surface area contributed by atoms with Crippen LogP contribution in [-0.2, 0) is 9.59 Å². The topological polar surface area (TPSA) is 105 Å². The molecule has 0 heterocycles. The van der Waals surface area contributed by atoms with Crippen LogP contribution in [0.25, 0.3) is 0 Å². The van der Waals surface area contributed by atoms with Gasteiger partial charge in [0.05, 0.1) is 13.7 Å². The molecule has 0 radical (unpaired) electrons. The molecule has 138 valence electrons. The van der Waals surface area contributed by atoms with Gasteiger partial charge in [-0.3, -0.25) is 9.59 Å². The van der Waals surface area contributed by atoms with E-state index in [4.69, 9.17) is 5.11 Å². The van der Waals surface area contributed by atoms with Crippen molar-refractivity contribution in [3.63, 3.8) is 0 Å². The van der Waals surface area contributed by atoms with E-state index in [1.807, 2.05) is 0 Å². The molecule has 2 amide bonds. The van der Waals surface area contributed by atoms with Gasteiger partial charge in [0.15, 0.2) is 11.6 Å². The lowest BCUT2D eigenvalue weighted by atomic mass is 10.0. The quantitative estimate of drug-likeness (QED) is 0.650. The summed E-state index contributed by atoms with van der Waals surface area (Å²) in [4.78, 5) is 34.9. The minimum Gasteiger partial charge on any atom is -0.493 e. The molecule has 1 aromatic rings. The van der Waals surface area contributed by atoms with Crippen molar-refractivity contribution in [2.24, 2.45) is 5.92 Å². The molecule has 1 aromatic carbocycles. The summed E-state index contributed by atoms with van der Waals surface area (Å²) in [5.74, 6) is -5.52. The van der Waals surface area contributed by atoms with Crippen LogP contribution in [0.5, 0.6) is 5.75 Å². The number of hydrogen-bond acceptors (Lipinski definition) is 4. The summed E-state index contributed by atoms with van der Waals surface area (Å²) in [5, 5.41) is 13.4. The molecule has 25 heavy (non-hydrogen) atoms. The lowest BCUT2D eigenvalue weighted by Crippen LogP contribution is -2.46. The zero-order chi connectivity index (χ0) is 19.1. The highest BCUT2D eigenvalue weighted by Gasteiger charge is 2.24.